The number of amides is 1. The molecule has 0 saturated carbocycles. The molecule has 0 fully saturated rings. The summed E-state index contributed by atoms with van der Waals surface area (Å²) in [5.74, 6) is -37.5. The van der Waals surface area contributed by atoms with Gasteiger partial charge in [0.2, 0.25) is 6.08 Å². The van der Waals surface area contributed by atoms with Crippen LogP contribution in [0.25, 0.3) is 0 Å². The van der Waals surface area contributed by atoms with Crippen molar-refractivity contribution in [2.45, 2.75) is 61.6 Å². The molecule has 0 radical (unpaired) electrons. The second-order valence-electron chi connectivity index (χ2n) is 7.03. The van der Waals surface area contributed by atoms with Gasteiger partial charge < -0.3 is 10.1 Å². The highest BCUT2D eigenvalue weighted by molar-refractivity contribution is 5.68. The maximum atomic E-state index is 13.6. The van der Waals surface area contributed by atoms with Gasteiger partial charge in [-0.1, -0.05) is 12.2 Å². The van der Waals surface area contributed by atoms with Gasteiger partial charge in [0.25, 0.3) is 0 Å². The zero-order valence-electron chi connectivity index (χ0n) is 16.9. The van der Waals surface area contributed by atoms with E-state index in [-0.39, 0.29) is 12.1 Å². The number of carbonyl (C=O) groups excluding carboxylic acids is 2. The molecule has 0 bridgehead atoms. The van der Waals surface area contributed by atoms with Crippen molar-refractivity contribution in [1.82, 2.24) is 5.32 Å². The normalized spacial score (nSPS) is 18.3. The van der Waals surface area contributed by atoms with Crippen molar-refractivity contribution in [3.63, 3.8) is 0 Å². The fourth-order valence-electron chi connectivity index (χ4n) is 2.51. The molecule has 0 saturated heterocycles. The van der Waals surface area contributed by atoms with Crippen LogP contribution in [0.3, 0.4) is 0 Å². The SMILES string of the molecule is CC1=C(N=C=O)CC(NC(=O)OCCC(F)(F)C(F)(F)C(F)(F)C(F)(F)C(F)(F)C(F)(F)F)C=C1. The molecule has 1 amide bonds. The standard InChI is InChI=1S/C17H13F13N2O3/c1-8-2-3-9(6-10(8)31-7-33)32-11(34)35-5-4-12(18,19)13(20,21)14(22,23)15(24,25)16(26,27)17(28,29)30/h2-3,9H,4-6H2,1H3,(H,32,34). The van der Waals surface area contributed by atoms with Crippen molar-refractivity contribution in [3.8, 4) is 0 Å². The van der Waals surface area contributed by atoms with E-state index in [2.05, 4.69) is 9.73 Å². The molecule has 1 N–H and O–H groups in total. The lowest BCUT2D eigenvalue weighted by molar-refractivity contribution is -0.440. The zero-order chi connectivity index (χ0) is 27.7. The van der Waals surface area contributed by atoms with E-state index in [1.165, 1.54) is 25.2 Å². The van der Waals surface area contributed by atoms with Gasteiger partial charge in [-0.3, -0.25) is 0 Å². The van der Waals surface area contributed by atoms with E-state index in [1.54, 1.807) is 0 Å². The summed E-state index contributed by atoms with van der Waals surface area (Å²) < 4.78 is 173. The quantitative estimate of drug-likeness (QED) is 0.229. The third-order valence-corrected chi connectivity index (χ3v) is 4.58. The molecule has 0 aromatic heterocycles. The van der Waals surface area contributed by atoms with E-state index in [0.29, 0.717) is 5.57 Å². The molecule has 0 spiro atoms. The summed E-state index contributed by atoms with van der Waals surface area (Å²) in [6.45, 7) is -0.371. The van der Waals surface area contributed by atoms with Crippen molar-refractivity contribution in [1.29, 1.82) is 0 Å². The molecule has 1 unspecified atom stereocenters. The second-order valence-corrected chi connectivity index (χ2v) is 7.03. The van der Waals surface area contributed by atoms with Crippen molar-refractivity contribution >= 4 is 12.2 Å². The van der Waals surface area contributed by atoms with Crippen LogP contribution < -0.4 is 5.32 Å². The summed E-state index contributed by atoms with van der Waals surface area (Å²) in [6, 6.07) is -0.993. The van der Waals surface area contributed by atoms with Gasteiger partial charge in [0, 0.05) is 6.42 Å². The number of halogens is 13. The number of aliphatic imine (C=N–C) groups is 1. The first kappa shape index (κ1) is 30.3. The van der Waals surface area contributed by atoms with Gasteiger partial charge >= 0.3 is 41.9 Å². The zero-order valence-corrected chi connectivity index (χ0v) is 16.9. The summed E-state index contributed by atoms with van der Waals surface area (Å²) in [4.78, 5) is 25.2. The van der Waals surface area contributed by atoms with E-state index in [1.807, 2.05) is 5.32 Å². The number of alkyl halides is 13. The van der Waals surface area contributed by atoms with Crippen LogP contribution in [-0.2, 0) is 9.53 Å². The Labute approximate surface area is 186 Å². The topological polar surface area (TPSA) is 67.8 Å². The van der Waals surface area contributed by atoms with E-state index < -0.39 is 61.0 Å². The van der Waals surface area contributed by atoms with Gasteiger partial charge in [-0.25, -0.2) is 9.59 Å². The first-order chi connectivity index (χ1) is 15.6. The molecular weight excluding hydrogens is 527 g/mol. The molecule has 1 atom stereocenters. The lowest BCUT2D eigenvalue weighted by atomic mass is 9.93. The fourth-order valence-corrected chi connectivity index (χ4v) is 2.51. The van der Waals surface area contributed by atoms with Crippen LogP contribution in [0.2, 0.25) is 0 Å². The number of nitrogens with one attached hydrogen (secondary N) is 1. The smallest absolute Gasteiger partial charge is 0.449 e. The molecule has 1 rings (SSSR count). The summed E-state index contributed by atoms with van der Waals surface area (Å²) in [5, 5.41) is 1.95. The average molecular weight is 540 g/mol. The maximum absolute atomic E-state index is 13.6. The Morgan fingerprint density at radius 3 is 1.97 bits per heavy atom. The number of hydrogen-bond donors (Lipinski definition) is 1. The van der Waals surface area contributed by atoms with E-state index in [4.69, 9.17) is 0 Å². The van der Waals surface area contributed by atoms with Gasteiger partial charge in [-0.15, -0.1) is 0 Å². The van der Waals surface area contributed by atoms with Crippen molar-refractivity contribution in [2.24, 2.45) is 4.99 Å². The number of allylic oxidation sites excluding steroid dienone is 2. The minimum Gasteiger partial charge on any atom is -0.449 e. The predicted octanol–water partition coefficient (Wildman–Crippen LogP) is 5.78. The number of nitrogens with zero attached hydrogens (tertiary/aromatic N) is 1. The lowest BCUT2D eigenvalue weighted by Crippen LogP contribution is -2.70. The third-order valence-electron chi connectivity index (χ3n) is 4.58. The predicted molar refractivity (Wildman–Crippen MR) is 88.3 cm³/mol. The third kappa shape index (κ3) is 5.56. The number of carbonyl (C=O) groups is 1. The summed E-state index contributed by atoms with van der Waals surface area (Å²) in [5.41, 5.74) is 0.591. The summed E-state index contributed by atoms with van der Waals surface area (Å²) >= 11 is 0. The largest absolute Gasteiger partial charge is 0.460 e. The number of isocyanates is 1. The average Bonchev–Trinajstić information content (AvgIpc) is 2.69. The van der Waals surface area contributed by atoms with Crippen LogP contribution in [0.5, 0.6) is 0 Å². The molecule has 0 aromatic rings. The van der Waals surface area contributed by atoms with Gasteiger partial charge in [-0.05, 0) is 12.5 Å². The first-order valence-electron chi connectivity index (χ1n) is 8.91. The second kappa shape index (κ2) is 9.70. The van der Waals surface area contributed by atoms with Gasteiger partial charge in [0.15, 0.2) is 0 Å². The van der Waals surface area contributed by atoms with E-state index in [9.17, 15) is 66.7 Å². The highest BCUT2D eigenvalue weighted by atomic mass is 19.4. The lowest BCUT2D eigenvalue weighted by Gasteiger charge is -2.39. The highest BCUT2D eigenvalue weighted by Gasteiger charge is 2.90. The molecule has 200 valence electrons. The van der Waals surface area contributed by atoms with Crippen LogP contribution in [0.15, 0.2) is 28.4 Å². The maximum Gasteiger partial charge on any atom is 0.460 e. The van der Waals surface area contributed by atoms with Crippen molar-refractivity contribution in [2.75, 3.05) is 6.61 Å². The van der Waals surface area contributed by atoms with E-state index >= 15 is 0 Å². The fraction of sp³-hybridized carbons (Fsp3) is 0.647. The van der Waals surface area contributed by atoms with Gasteiger partial charge in [0.05, 0.1) is 24.8 Å². The molecule has 1 aliphatic carbocycles. The molecule has 0 aliphatic heterocycles. The number of hydrogen-bond acceptors (Lipinski definition) is 4. The van der Waals surface area contributed by atoms with E-state index in [0.717, 1.165) is 0 Å². The Kier molecular flexibility index (Phi) is 8.38. The van der Waals surface area contributed by atoms with Crippen molar-refractivity contribution in [3.05, 3.63) is 23.4 Å². The Hall–Kier alpha value is -2.78. The van der Waals surface area contributed by atoms with Crippen LogP contribution in [-0.4, -0.2) is 60.6 Å². The minimum absolute atomic E-state index is 0.123. The monoisotopic (exact) mass is 540 g/mol. The Balaban J connectivity index is 2.90. The number of ether oxygens (including phenoxy) is 1. The molecule has 5 nitrogen and oxygen atoms in total. The molecular formula is C17H13F13N2O3. The van der Waals surface area contributed by atoms with Crippen LogP contribution in [0.1, 0.15) is 19.8 Å². The number of alkyl carbamates (subject to hydrolysis) is 1. The molecule has 0 aromatic carbocycles. The molecule has 18 heteroatoms. The first-order valence-corrected chi connectivity index (χ1v) is 8.91. The number of rotatable bonds is 9. The van der Waals surface area contributed by atoms with Gasteiger partial charge in [0.1, 0.15) is 0 Å². The highest BCUT2D eigenvalue weighted by Crippen LogP contribution is 2.60. The molecule has 0 heterocycles. The summed E-state index contributed by atoms with van der Waals surface area (Å²) in [6.07, 6.45) is -8.12. The van der Waals surface area contributed by atoms with Crippen LogP contribution >= 0.6 is 0 Å². The van der Waals surface area contributed by atoms with Crippen molar-refractivity contribution < 1.29 is 71.4 Å². The Morgan fingerprint density at radius 2 is 1.49 bits per heavy atom. The molecule has 1 aliphatic rings. The minimum atomic E-state index is -8.00. The van der Waals surface area contributed by atoms with Gasteiger partial charge in [-0.2, -0.15) is 62.1 Å². The van der Waals surface area contributed by atoms with Crippen LogP contribution in [0, 0.1) is 0 Å². The Bertz CT molecular complexity index is 919. The van der Waals surface area contributed by atoms with Crippen LogP contribution in [0.4, 0.5) is 61.9 Å². The Morgan fingerprint density at radius 1 is 0.971 bits per heavy atom. The molecule has 35 heavy (non-hydrogen) atoms. The summed E-state index contributed by atoms with van der Waals surface area (Å²) in [7, 11) is 0.